The fourth-order valence-electron chi connectivity index (χ4n) is 5.79. The van der Waals surface area contributed by atoms with E-state index in [0.29, 0.717) is 48.6 Å². The van der Waals surface area contributed by atoms with Gasteiger partial charge in [0.1, 0.15) is 0 Å². The molecule has 2 atom stereocenters. The summed E-state index contributed by atoms with van der Waals surface area (Å²) in [5, 5.41) is 0. The Labute approximate surface area is 265 Å². The zero-order chi connectivity index (χ0) is 31.3. The summed E-state index contributed by atoms with van der Waals surface area (Å²) < 4.78 is 2.15. The summed E-state index contributed by atoms with van der Waals surface area (Å²) in [5.74, 6) is 2.48. The van der Waals surface area contributed by atoms with Crippen LogP contribution in [0, 0.1) is 0 Å². The van der Waals surface area contributed by atoms with Crippen molar-refractivity contribution in [3.63, 3.8) is 0 Å². The summed E-state index contributed by atoms with van der Waals surface area (Å²) in [6.07, 6.45) is 0.769. The van der Waals surface area contributed by atoms with Gasteiger partial charge in [0.25, 0.3) is 0 Å². The number of rotatable bonds is 14. The molecule has 41 heavy (non-hydrogen) atoms. The van der Waals surface area contributed by atoms with Crippen LogP contribution in [-0.2, 0) is 12.1 Å². The Morgan fingerprint density at radius 2 is 0.878 bits per heavy atom. The van der Waals surface area contributed by atoms with Crippen molar-refractivity contribution in [3.8, 4) is 0 Å². The van der Waals surface area contributed by atoms with Crippen molar-refractivity contribution in [2.75, 3.05) is 13.1 Å². The van der Waals surface area contributed by atoms with E-state index in [1.807, 2.05) is 0 Å². The van der Waals surface area contributed by atoms with Gasteiger partial charge in [0.05, 0.1) is 0 Å². The summed E-state index contributed by atoms with van der Waals surface area (Å²) >= 11 is -1.34. The standard InChI is InChI=1S/C35H58N3.2ClH.Co/c1-20(2)26-15-28(22(5)6)34(29(16-26)23(7)8)32(36)13-14-38-19-33(37)35-30(24(9)10)17-27(21(3)4)18-31(35)25(11)12;;;/h15-18,20-25,32-33H,13-14,19,36-37H2,1-12H3;2*1H;/q-1;;;+3/p-2. The number of halogens is 2. The molecule has 0 spiro atoms. The molecule has 2 aromatic rings. The number of hydrogen-bond donors (Lipinski definition) is 2. The van der Waals surface area contributed by atoms with Gasteiger partial charge in [0, 0.05) is 0 Å². The Morgan fingerprint density at radius 1 is 0.561 bits per heavy atom. The first-order chi connectivity index (χ1) is 19.0. The van der Waals surface area contributed by atoms with Gasteiger partial charge >= 0.3 is 267 Å². The van der Waals surface area contributed by atoms with Gasteiger partial charge in [0.15, 0.2) is 0 Å². The van der Waals surface area contributed by atoms with E-state index in [4.69, 9.17) is 31.8 Å². The minimum atomic E-state index is -1.34. The molecule has 0 saturated heterocycles. The molecule has 0 radical (unpaired) electrons. The maximum absolute atomic E-state index is 7.05. The Bertz CT molecular complexity index is 1070. The molecule has 0 saturated carbocycles. The molecule has 2 aromatic carbocycles. The van der Waals surface area contributed by atoms with Crippen LogP contribution in [0.25, 0.3) is 0 Å². The molecule has 6 heteroatoms. The first-order valence-corrected chi connectivity index (χ1v) is 18.9. The molecule has 0 aromatic heterocycles. The molecule has 0 amide bonds. The summed E-state index contributed by atoms with van der Waals surface area (Å²) in [5.41, 5.74) is 24.8. The Hall–Kier alpha value is -0.594. The Morgan fingerprint density at radius 3 is 1.15 bits per heavy atom. The van der Waals surface area contributed by atoms with E-state index in [1.54, 1.807) is 0 Å². The van der Waals surface area contributed by atoms with Crippen molar-refractivity contribution >= 4 is 20.3 Å². The molecular weight excluding hydrogens is 592 g/mol. The third-order valence-electron chi connectivity index (χ3n) is 8.31. The molecule has 0 aliphatic rings. The average Bonchev–Trinajstić information content (AvgIpc) is 2.88. The topological polar surface area (TPSA) is 55.3 Å². The second-order valence-corrected chi connectivity index (χ2v) is 17.3. The molecule has 3 nitrogen and oxygen atoms in total. The summed E-state index contributed by atoms with van der Waals surface area (Å²) in [6, 6.07) is 9.19. The van der Waals surface area contributed by atoms with E-state index in [-0.39, 0.29) is 12.1 Å². The Kier molecular flexibility index (Phi) is 14.2. The molecule has 2 unspecified atom stereocenters. The number of nitrogens with two attached hydrogens (primary N) is 2. The van der Waals surface area contributed by atoms with Crippen molar-refractivity contribution in [3.05, 3.63) is 68.8 Å². The van der Waals surface area contributed by atoms with Crippen LogP contribution in [0.1, 0.15) is 182 Å². The van der Waals surface area contributed by atoms with Crippen molar-refractivity contribution in [2.24, 2.45) is 11.5 Å². The van der Waals surface area contributed by atoms with Gasteiger partial charge in [0.2, 0.25) is 0 Å². The van der Waals surface area contributed by atoms with E-state index in [1.165, 1.54) is 44.5 Å². The van der Waals surface area contributed by atoms with Crippen LogP contribution in [0.3, 0.4) is 0 Å². The quantitative estimate of drug-likeness (QED) is 0.214. The van der Waals surface area contributed by atoms with Crippen LogP contribution < -0.4 is 11.5 Å². The van der Waals surface area contributed by atoms with Crippen molar-refractivity contribution < 1.29 is 12.1 Å². The normalized spacial score (nSPS) is 14.5. The second kappa shape index (κ2) is 15.9. The van der Waals surface area contributed by atoms with Crippen molar-refractivity contribution in [1.82, 2.24) is 3.95 Å². The van der Waals surface area contributed by atoms with Gasteiger partial charge in [-0.3, -0.25) is 0 Å². The number of benzene rings is 2. The van der Waals surface area contributed by atoms with E-state index in [9.17, 15) is 0 Å². The van der Waals surface area contributed by atoms with Gasteiger partial charge < -0.3 is 0 Å². The SMILES string of the molecule is CC(C)c1cc(C(C)C)c(C(N)CC[N](CC(N)c2c(C(C)C)cc(C(C)C)cc2C(C)C)[Co]([Cl])[Cl])c(C(C)C)c1. The van der Waals surface area contributed by atoms with Crippen LogP contribution >= 0.6 is 20.3 Å². The summed E-state index contributed by atoms with van der Waals surface area (Å²) in [4.78, 5) is 0. The first kappa shape index (κ1) is 36.6. The van der Waals surface area contributed by atoms with Crippen molar-refractivity contribution in [1.29, 1.82) is 0 Å². The molecule has 0 fully saturated rings. The fraction of sp³-hybridized carbons (Fsp3) is 0.657. The summed E-state index contributed by atoms with van der Waals surface area (Å²) in [6.45, 7) is 28.5. The predicted molar refractivity (Wildman–Crippen MR) is 179 cm³/mol. The number of hydrogen-bond acceptors (Lipinski definition) is 3. The van der Waals surface area contributed by atoms with E-state index >= 15 is 0 Å². The fourth-order valence-corrected chi connectivity index (χ4v) is 7.29. The molecule has 0 aliphatic heterocycles. The van der Waals surface area contributed by atoms with Gasteiger partial charge in [-0.15, -0.1) is 0 Å². The van der Waals surface area contributed by atoms with Crippen LogP contribution in [0.15, 0.2) is 24.3 Å². The van der Waals surface area contributed by atoms with E-state index in [0.717, 1.165) is 6.42 Å². The maximum atomic E-state index is 7.05. The zero-order valence-electron chi connectivity index (χ0n) is 27.7. The summed E-state index contributed by atoms with van der Waals surface area (Å²) in [7, 11) is 13.3. The van der Waals surface area contributed by atoms with Gasteiger partial charge in [-0.1, -0.05) is 0 Å². The van der Waals surface area contributed by atoms with Crippen LogP contribution in [-0.4, -0.2) is 17.0 Å². The second-order valence-electron chi connectivity index (χ2n) is 13.7. The molecule has 4 N–H and O–H groups in total. The van der Waals surface area contributed by atoms with Crippen LogP contribution in [0.4, 0.5) is 0 Å². The third kappa shape index (κ3) is 9.44. The van der Waals surface area contributed by atoms with Gasteiger partial charge in [-0.2, -0.15) is 0 Å². The molecule has 0 aliphatic carbocycles. The van der Waals surface area contributed by atoms with Crippen LogP contribution in [0.2, 0.25) is 0 Å². The average molecular weight is 651 g/mol. The first-order valence-electron chi connectivity index (χ1n) is 15.6. The monoisotopic (exact) mass is 649 g/mol. The van der Waals surface area contributed by atoms with E-state index in [2.05, 4.69) is 111 Å². The predicted octanol–water partition coefficient (Wildman–Crippen LogP) is 10.7. The molecule has 236 valence electrons. The van der Waals surface area contributed by atoms with E-state index < -0.39 is 12.1 Å². The molecule has 2 rings (SSSR count). The zero-order valence-corrected chi connectivity index (χ0v) is 30.3. The minimum absolute atomic E-state index is 0.101. The number of nitrogens with zero attached hydrogens (tertiary/aromatic N) is 1. The van der Waals surface area contributed by atoms with Gasteiger partial charge in [-0.05, 0) is 0 Å². The molecule has 0 bridgehead atoms. The third-order valence-corrected chi connectivity index (χ3v) is 10.5. The Balaban J connectivity index is 2.42. The van der Waals surface area contributed by atoms with Crippen molar-refractivity contribution in [2.45, 2.75) is 137 Å². The molecule has 0 heterocycles. The van der Waals surface area contributed by atoms with Gasteiger partial charge in [-0.25, -0.2) is 0 Å². The van der Waals surface area contributed by atoms with Crippen LogP contribution in [0.5, 0.6) is 0 Å². The molecular formula is C35H58Cl2CoN3.